The van der Waals surface area contributed by atoms with Crippen LogP contribution in [-0.4, -0.2) is 39.6 Å². The summed E-state index contributed by atoms with van der Waals surface area (Å²) in [6.07, 6.45) is 2.05. The van der Waals surface area contributed by atoms with Crippen molar-refractivity contribution in [3.05, 3.63) is 0 Å². The molecule has 0 unspecified atom stereocenters. The lowest BCUT2D eigenvalue weighted by Gasteiger charge is -2.09. The Morgan fingerprint density at radius 2 is 2.12 bits per heavy atom. The minimum absolute atomic E-state index is 0.0147. The van der Waals surface area contributed by atoms with Crippen LogP contribution in [0.4, 0.5) is 11.9 Å². The lowest BCUT2D eigenvalue weighted by atomic mass is 10.5. The molecule has 90 valence electrons. The summed E-state index contributed by atoms with van der Waals surface area (Å²) in [5, 5.41) is 3.06. The van der Waals surface area contributed by atoms with E-state index in [0.29, 0.717) is 5.95 Å². The topological polar surface area (TPSA) is 86.0 Å². The Labute approximate surface area is 99.4 Å². The molecule has 1 rings (SSSR count). The number of hydrogen-bond donors (Lipinski definition) is 2. The summed E-state index contributed by atoms with van der Waals surface area (Å²) in [6, 6.07) is 0.258. The van der Waals surface area contributed by atoms with Gasteiger partial charge >= 0.3 is 6.01 Å². The van der Waals surface area contributed by atoms with Crippen molar-refractivity contribution in [2.24, 2.45) is 0 Å². The Balaban J connectivity index is 2.65. The van der Waals surface area contributed by atoms with Crippen LogP contribution < -0.4 is 15.8 Å². The molecule has 0 radical (unpaired) electrons. The third-order valence-electron chi connectivity index (χ3n) is 1.56. The maximum Gasteiger partial charge on any atom is 0.323 e. The number of thioether (sulfide) groups is 1. The van der Waals surface area contributed by atoms with Gasteiger partial charge < -0.3 is 15.8 Å². The van der Waals surface area contributed by atoms with Crippen molar-refractivity contribution < 1.29 is 4.74 Å². The van der Waals surface area contributed by atoms with Crippen LogP contribution in [0.15, 0.2) is 0 Å². The Morgan fingerprint density at radius 1 is 1.38 bits per heavy atom. The molecule has 0 spiro atoms. The van der Waals surface area contributed by atoms with Crippen LogP contribution >= 0.6 is 11.8 Å². The van der Waals surface area contributed by atoms with Crippen LogP contribution in [0.2, 0.25) is 0 Å². The van der Waals surface area contributed by atoms with Gasteiger partial charge in [0, 0.05) is 12.3 Å². The molecule has 1 aromatic rings. The molecule has 0 atom stereocenters. The van der Waals surface area contributed by atoms with Crippen molar-refractivity contribution in [1.82, 2.24) is 15.0 Å². The molecule has 16 heavy (non-hydrogen) atoms. The summed E-state index contributed by atoms with van der Waals surface area (Å²) in [4.78, 5) is 12.0. The van der Waals surface area contributed by atoms with E-state index in [2.05, 4.69) is 20.3 Å². The third kappa shape index (κ3) is 4.52. The fourth-order valence-corrected chi connectivity index (χ4v) is 1.29. The second kappa shape index (κ2) is 6.37. The summed E-state index contributed by atoms with van der Waals surface area (Å²) in [6.45, 7) is 4.59. The fourth-order valence-electron chi connectivity index (χ4n) is 0.980. The molecule has 0 aliphatic heterocycles. The van der Waals surface area contributed by atoms with Crippen molar-refractivity contribution in [3.63, 3.8) is 0 Å². The predicted octanol–water partition coefficient (Wildman–Crippen LogP) is 1.02. The molecule has 0 saturated carbocycles. The number of nitrogens with one attached hydrogen (secondary N) is 1. The van der Waals surface area contributed by atoms with Crippen LogP contribution in [0.3, 0.4) is 0 Å². The zero-order chi connectivity index (χ0) is 12.0. The van der Waals surface area contributed by atoms with E-state index in [0.717, 1.165) is 12.3 Å². The first-order chi connectivity index (χ1) is 7.61. The highest BCUT2D eigenvalue weighted by Crippen LogP contribution is 2.10. The number of nitrogens with zero attached hydrogens (tertiary/aromatic N) is 3. The minimum atomic E-state index is 0.0147. The Bertz CT molecular complexity index is 334. The molecule has 0 bridgehead atoms. The first kappa shape index (κ1) is 12.8. The van der Waals surface area contributed by atoms with Crippen LogP contribution in [0.1, 0.15) is 13.8 Å². The number of hydrogen-bond acceptors (Lipinski definition) is 7. The van der Waals surface area contributed by atoms with Crippen molar-refractivity contribution in [1.29, 1.82) is 0 Å². The average Bonchev–Trinajstić information content (AvgIpc) is 2.16. The molecule has 0 aliphatic rings. The highest BCUT2D eigenvalue weighted by Gasteiger charge is 2.06. The van der Waals surface area contributed by atoms with E-state index in [9.17, 15) is 0 Å². The van der Waals surface area contributed by atoms with Gasteiger partial charge in [-0.05, 0) is 20.1 Å². The van der Waals surface area contributed by atoms with Gasteiger partial charge in [0.2, 0.25) is 11.9 Å². The van der Waals surface area contributed by atoms with Crippen molar-refractivity contribution >= 4 is 23.7 Å². The average molecular weight is 243 g/mol. The number of anilines is 2. The minimum Gasteiger partial charge on any atom is -0.461 e. The SMILES string of the molecule is CSCCNc1nc(N)nc(OC(C)C)n1. The number of ether oxygens (including phenoxy) is 1. The molecular formula is C9H17N5OS. The van der Waals surface area contributed by atoms with Crippen LogP contribution in [-0.2, 0) is 0 Å². The fraction of sp³-hybridized carbons (Fsp3) is 0.667. The highest BCUT2D eigenvalue weighted by atomic mass is 32.2. The Hall–Kier alpha value is -1.24. The largest absolute Gasteiger partial charge is 0.461 e. The highest BCUT2D eigenvalue weighted by molar-refractivity contribution is 7.98. The molecule has 1 aromatic heterocycles. The zero-order valence-corrected chi connectivity index (χ0v) is 10.5. The van der Waals surface area contributed by atoms with Crippen molar-refractivity contribution in [3.8, 4) is 6.01 Å². The summed E-state index contributed by atoms with van der Waals surface area (Å²) in [7, 11) is 0. The molecular weight excluding hydrogens is 226 g/mol. The molecule has 3 N–H and O–H groups in total. The maximum atomic E-state index is 5.55. The first-order valence-corrected chi connectivity index (χ1v) is 6.42. The number of nitrogen functional groups attached to an aromatic ring is 1. The normalized spacial score (nSPS) is 10.5. The second-order valence-electron chi connectivity index (χ2n) is 3.39. The smallest absolute Gasteiger partial charge is 0.323 e. The Kier molecular flexibility index (Phi) is 5.10. The number of aromatic nitrogens is 3. The molecule has 7 heteroatoms. The molecule has 6 nitrogen and oxygen atoms in total. The first-order valence-electron chi connectivity index (χ1n) is 5.03. The molecule has 1 heterocycles. The van der Waals surface area contributed by atoms with Gasteiger partial charge in [-0.2, -0.15) is 26.7 Å². The summed E-state index contributed by atoms with van der Waals surface area (Å²) in [5.41, 5.74) is 5.55. The third-order valence-corrected chi connectivity index (χ3v) is 2.17. The summed E-state index contributed by atoms with van der Waals surface area (Å²) < 4.78 is 5.35. The van der Waals surface area contributed by atoms with Gasteiger partial charge in [-0.25, -0.2) is 0 Å². The van der Waals surface area contributed by atoms with Gasteiger partial charge in [-0.15, -0.1) is 0 Å². The van der Waals surface area contributed by atoms with Crippen LogP contribution in [0.5, 0.6) is 6.01 Å². The van der Waals surface area contributed by atoms with E-state index in [4.69, 9.17) is 10.5 Å². The zero-order valence-electron chi connectivity index (χ0n) is 9.73. The molecule has 0 saturated heterocycles. The predicted molar refractivity (Wildman–Crippen MR) is 66.9 cm³/mol. The second-order valence-corrected chi connectivity index (χ2v) is 4.37. The summed E-state index contributed by atoms with van der Waals surface area (Å²) in [5.74, 6) is 1.60. The van der Waals surface area contributed by atoms with Gasteiger partial charge in [-0.3, -0.25) is 0 Å². The van der Waals surface area contributed by atoms with Gasteiger partial charge in [0.25, 0.3) is 0 Å². The molecule has 0 amide bonds. The van der Waals surface area contributed by atoms with Gasteiger partial charge in [0.1, 0.15) is 0 Å². The lowest BCUT2D eigenvalue weighted by molar-refractivity contribution is 0.222. The van der Waals surface area contributed by atoms with E-state index in [-0.39, 0.29) is 18.1 Å². The van der Waals surface area contributed by atoms with Gasteiger partial charge in [0.15, 0.2) is 0 Å². The lowest BCUT2D eigenvalue weighted by Crippen LogP contribution is -2.14. The summed E-state index contributed by atoms with van der Waals surface area (Å²) >= 11 is 1.74. The van der Waals surface area contributed by atoms with E-state index in [1.807, 2.05) is 20.1 Å². The van der Waals surface area contributed by atoms with E-state index >= 15 is 0 Å². The van der Waals surface area contributed by atoms with Gasteiger partial charge in [-0.1, -0.05) is 0 Å². The molecule has 0 aliphatic carbocycles. The quantitative estimate of drug-likeness (QED) is 0.721. The van der Waals surface area contributed by atoms with Crippen LogP contribution in [0.25, 0.3) is 0 Å². The van der Waals surface area contributed by atoms with E-state index in [1.54, 1.807) is 11.8 Å². The monoisotopic (exact) mass is 243 g/mol. The Morgan fingerprint density at radius 3 is 2.75 bits per heavy atom. The van der Waals surface area contributed by atoms with Gasteiger partial charge in [0.05, 0.1) is 6.10 Å². The van der Waals surface area contributed by atoms with Crippen molar-refractivity contribution in [2.75, 3.05) is 29.6 Å². The number of nitrogens with two attached hydrogens (primary N) is 1. The standard InChI is InChI=1S/C9H17N5OS/c1-6(2)15-9-13-7(10)12-8(14-9)11-4-5-16-3/h6H,4-5H2,1-3H3,(H3,10,11,12,13,14). The van der Waals surface area contributed by atoms with E-state index in [1.165, 1.54) is 0 Å². The van der Waals surface area contributed by atoms with E-state index < -0.39 is 0 Å². The van der Waals surface area contributed by atoms with Crippen LogP contribution in [0, 0.1) is 0 Å². The van der Waals surface area contributed by atoms with Crippen molar-refractivity contribution in [2.45, 2.75) is 20.0 Å². The maximum absolute atomic E-state index is 5.55. The number of rotatable bonds is 6. The molecule has 0 fully saturated rings. The molecule has 0 aromatic carbocycles.